The van der Waals surface area contributed by atoms with E-state index in [-0.39, 0.29) is 12.0 Å². The van der Waals surface area contributed by atoms with E-state index in [0.717, 1.165) is 6.07 Å². The van der Waals surface area contributed by atoms with Crippen molar-refractivity contribution < 1.29 is 13.2 Å². The van der Waals surface area contributed by atoms with Crippen molar-refractivity contribution in [2.24, 2.45) is 5.10 Å². The molecule has 0 saturated carbocycles. The second-order valence-electron chi connectivity index (χ2n) is 3.25. The molecule has 1 heterocycles. The largest absolute Gasteiger partial charge is 0.416 e. The maximum atomic E-state index is 12.6. The lowest BCUT2D eigenvalue weighted by molar-refractivity contribution is -0.138. The Bertz CT molecular complexity index is 413. The van der Waals surface area contributed by atoms with Gasteiger partial charge in [-0.3, -0.25) is 5.43 Å². The van der Waals surface area contributed by atoms with Crippen LogP contribution in [0.4, 0.5) is 13.2 Å². The van der Waals surface area contributed by atoms with E-state index in [9.17, 15) is 13.2 Å². The standard InChI is InChI=1S/C9H9F3N4/c10-9(11,12)7-4-2-1-3-6(7)5-8-13-15-16-14-8/h1-4,15-16H,5H2,(H,13,14). The second-order valence-corrected chi connectivity index (χ2v) is 3.25. The predicted molar refractivity (Wildman–Crippen MR) is 52.0 cm³/mol. The first-order valence-electron chi connectivity index (χ1n) is 4.55. The number of halogens is 3. The zero-order valence-electron chi connectivity index (χ0n) is 8.10. The molecule has 0 radical (unpaired) electrons. The molecule has 0 bridgehead atoms. The minimum absolute atomic E-state index is 0.0929. The smallest absolute Gasteiger partial charge is 0.288 e. The fourth-order valence-corrected chi connectivity index (χ4v) is 1.44. The van der Waals surface area contributed by atoms with Gasteiger partial charge < -0.3 is 0 Å². The molecule has 1 aromatic rings. The van der Waals surface area contributed by atoms with Crippen LogP contribution in [0.15, 0.2) is 29.4 Å². The summed E-state index contributed by atoms with van der Waals surface area (Å²) < 4.78 is 37.9. The first-order chi connectivity index (χ1) is 7.57. The number of benzene rings is 1. The number of rotatable bonds is 2. The van der Waals surface area contributed by atoms with Crippen LogP contribution in [0.5, 0.6) is 0 Å². The summed E-state index contributed by atoms with van der Waals surface area (Å²) in [5.41, 5.74) is 7.02. The molecule has 4 nitrogen and oxygen atoms in total. The Kier molecular flexibility index (Phi) is 2.69. The fourth-order valence-electron chi connectivity index (χ4n) is 1.44. The van der Waals surface area contributed by atoms with Gasteiger partial charge in [-0.1, -0.05) is 18.2 Å². The summed E-state index contributed by atoms with van der Waals surface area (Å²) >= 11 is 0. The van der Waals surface area contributed by atoms with E-state index in [1.165, 1.54) is 12.1 Å². The Labute approximate surface area is 89.5 Å². The number of amidine groups is 1. The number of alkyl halides is 3. The molecule has 86 valence electrons. The van der Waals surface area contributed by atoms with Crippen LogP contribution in [0.2, 0.25) is 0 Å². The summed E-state index contributed by atoms with van der Waals surface area (Å²) in [4.78, 5) is 0. The molecule has 0 atom stereocenters. The van der Waals surface area contributed by atoms with Crippen molar-refractivity contribution in [2.75, 3.05) is 0 Å². The van der Waals surface area contributed by atoms with Crippen LogP contribution in [-0.4, -0.2) is 5.84 Å². The van der Waals surface area contributed by atoms with Gasteiger partial charge in [-0.25, -0.2) is 5.53 Å². The number of hydrogen-bond donors (Lipinski definition) is 3. The van der Waals surface area contributed by atoms with Crippen molar-refractivity contribution in [2.45, 2.75) is 12.6 Å². The zero-order valence-corrected chi connectivity index (χ0v) is 8.10. The molecule has 0 unspecified atom stereocenters. The molecule has 1 aromatic carbocycles. The van der Waals surface area contributed by atoms with E-state index >= 15 is 0 Å². The molecule has 0 saturated heterocycles. The van der Waals surface area contributed by atoms with Crippen molar-refractivity contribution in [3.05, 3.63) is 35.4 Å². The van der Waals surface area contributed by atoms with Crippen LogP contribution < -0.4 is 16.5 Å². The quantitative estimate of drug-likeness (QED) is 0.714. The van der Waals surface area contributed by atoms with Crippen molar-refractivity contribution in [1.82, 2.24) is 16.5 Å². The minimum atomic E-state index is -4.34. The Hall–Kier alpha value is -1.76. The average Bonchev–Trinajstić information content (AvgIpc) is 2.70. The molecular formula is C9H9F3N4. The van der Waals surface area contributed by atoms with Gasteiger partial charge in [0.15, 0.2) is 0 Å². The highest BCUT2D eigenvalue weighted by atomic mass is 19.4. The van der Waals surface area contributed by atoms with Gasteiger partial charge in [-0.15, -0.1) is 10.6 Å². The zero-order chi connectivity index (χ0) is 11.6. The van der Waals surface area contributed by atoms with Crippen LogP contribution in [0.25, 0.3) is 0 Å². The van der Waals surface area contributed by atoms with Crippen molar-refractivity contribution in [3.8, 4) is 0 Å². The minimum Gasteiger partial charge on any atom is -0.288 e. The van der Waals surface area contributed by atoms with Gasteiger partial charge in [0.2, 0.25) is 0 Å². The normalized spacial score (nSPS) is 15.3. The predicted octanol–water partition coefficient (Wildman–Crippen LogP) is 1.17. The lowest BCUT2D eigenvalue weighted by atomic mass is 10.0. The maximum absolute atomic E-state index is 12.6. The Morgan fingerprint density at radius 3 is 2.56 bits per heavy atom. The van der Waals surface area contributed by atoms with Gasteiger partial charge in [0.05, 0.1) is 5.56 Å². The molecule has 1 aliphatic rings. The van der Waals surface area contributed by atoms with Gasteiger partial charge in [0.1, 0.15) is 5.84 Å². The lowest BCUT2D eigenvalue weighted by Gasteiger charge is -2.11. The number of hydrogen-bond acceptors (Lipinski definition) is 4. The summed E-state index contributed by atoms with van der Waals surface area (Å²) in [5, 5.41) is 3.73. The molecule has 0 spiro atoms. The van der Waals surface area contributed by atoms with Crippen molar-refractivity contribution in [3.63, 3.8) is 0 Å². The van der Waals surface area contributed by atoms with Crippen molar-refractivity contribution in [1.29, 1.82) is 0 Å². The van der Waals surface area contributed by atoms with Gasteiger partial charge in [-0.05, 0) is 11.6 Å². The SMILES string of the molecule is FC(F)(F)c1ccccc1CC1=NNNN1. The van der Waals surface area contributed by atoms with Crippen LogP contribution in [-0.2, 0) is 12.6 Å². The number of nitrogens with zero attached hydrogens (tertiary/aromatic N) is 1. The highest BCUT2D eigenvalue weighted by molar-refractivity contribution is 5.84. The molecular weight excluding hydrogens is 221 g/mol. The number of nitrogens with one attached hydrogen (secondary N) is 3. The van der Waals surface area contributed by atoms with Gasteiger partial charge in [0.25, 0.3) is 0 Å². The van der Waals surface area contributed by atoms with Crippen LogP contribution in [0.1, 0.15) is 11.1 Å². The molecule has 0 fully saturated rings. The topological polar surface area (TPSA) is 48.5 Å². The van der Waals surface area contributed by atoms with Crippen LogP contribution >= 0.6 is 0 Å². The molecule has 2 rings (SSSR count). The first kappa shape index (κ1) is 10.7. The van der Waals surface area contributed by atoms with Crippen LogP contribution in [0, 0.1) is 0 Å². The summed E-state index contributed by atoms with van der Waals surface area (Å²) in [6, 6.07) is 5.44. The first-order valence-corrected chi connectivity index (χ1v) is 4.55. The van der Waals surface area contributed by atoms with Gasteiger partial charge >= 0.3 is 6.18 Å². The third-order valence-corrected chi connectivity index (χ3v) is 2.13. The van der Waals surface area contributed by atoms with E-state index < -0.39 is 11.7 Å². The summed E-state index contributed by atoms with van der Waals surface area (Å²) in [6.45, 7) is 0. The van der Waals surface area contributed by atoms with E-state index in [4.69, 9.17) is 0 Å². The Balaban J connectivity index is 2.26. The number of hydrazine groups is 2. The fraction of sp³-hybridized carbons (Fsp3) is 0.222. The van der Waals surface area contributed by atoms with Gasteiger partial charge in [-0.2, -0.15) is 13.2 Å². The molecule has 0 aliphatic carbocycles. The van der Waals surface area contributed by atoms with Crippen molar-refractivity contribution >= 4 is 5.84 Å². The molecule has 0 amide bonds. The summed E-state index contributed by atoms with van der Waals surface area (Å²) in [6.07, 6.45) is -4.24. The van der Waals surface area contributed by atoms with Crippen LogP contribution in [0.3, 0.4) is 0 Å². The monoisotopic (exact) mass is 230 g/mol. The number of hydrazone groups is 1. The highest BCUT2D eigenvalue weighted by Crippen LogP contribution is 2.31. The van der Waals surface area contributed by atoms with E-state index in [0.29, 0.717) is 5.84 Å². The lowest BCUT2D eigenvalue weighted by Crippen LogP contribution is -2.35. The molecule has 3 N–H and O–H groups in total. The Morgan fingerprint density at radius 2 is 1.94 bits per heavy atom. The third-order valence-electron chi connectivity index (χ3n) is 2.13. The van der Waals surface area contributed by atoms with Gasteiger partial charge in [0, 0.05) is 6.42 Å². The summed E-state index contributed by atoms with van der Waals surface area (Å²) in [7, 11) is 0. The maximum Gasteiger partial charge on any atom is 0.416 e. The molecule has 7 heteroatoms. The van der Waals surface area contributed by atoms with E-state index in [1.54, 1.807) is 6.07 Å². The molecule has 16 heavy (non-hydrogen) atoms. The molecule has 0 aromatic heterocycles. The molecule has 1 aliphatic heterocycles. The second kappa shape index (κ2) is 4.01. The van der Waals surface area contributed by atoms with E-state index in [2.05, 4.69) is 21.6 Å². The van der Waals surface area contributed by atoms with E-state index in [1.807, 2.05) is 0 Å². The average molecular weight is 230 g/mol. The highest BCUT2D eigenvalue weighted by Gasteiger charge is 2.33. The summed E-state index contributed by atoms with van der Waals surface area (Å²) in [5.74, 6) is 0.414. The Morgan fingerprint density at radius 1 is 1.19 bits per heavy atom. The third kappa shape index (κ3) is 2.25.